The Morgan fingerprint density at radius 2 is 1.84 bits per heavy atom. The topological polar surface area (TPSA) is 57.0 Å². The first kappa shape index (κ1) is 19.3. The first-order chi connectivity index (χ1) is 11.5. The zero-order valence-corrected chi connectivity index (χ0v) is 14.8. The predicted octanol–water partition coefficient (Wildman–Crippen LogP) is 3.93. The molecular weight excluding hydrogens is 355 g/mol. The lowest BCUT2D eigenvalue weighted by molar-refractivity contribution is -0.155. The van der Waals surface area contributed by atoms with Gasteiger partial charge in [-0.3, -0.25) is 4.79 Å². The molecule has 0 radical (unpaired) electrons. The van der Waals surface area contributed by atoms with E-state index in [1.54, 1.807) is 20.8 Å². The molecule has 0 amide bonds. The number of rotatable bonds is 5. The van der Waals surface area contributed by atoms with Gasteiger partial charge in [-0.1, -0.05) is 23.9 Å². The molecule has 0 unspecified atom stereocenters. The third-order valence-corrected chi connectivity index (χ3v) is 3.80. The van der Waals surface area contributed by atoms with Crippen LogP contribution in [0, 0.1) is 0 Å². The van der Waals surface area contributed by atoms with E-state index in [1.807, 2.05) is 0 Å². The van der Waals surface area contributed by atoms with Crippen molar-refractivity contribution in [3.05, 3.63) is 41.7 Å². The Morgan fingerprint density at radius 1 is 1.20 bits per heavy atom. The highest BCUT2D eigenvalue weighted by Crippen LogP contribution is 2.30. The molecule has 1 heterocycles. The summed E-state index contributed by atoms with van der Waals surface area (Å²) in [5, 5.41) is 4.57. The van der Waals surface area contributed by atoms with E-state index in [0.29, 0.717) is 10.9 Å². The number of carbonyl (C=O) groups is 1. The van der Waals surface area contributed by atoms with Gasteiger partial charge in [-0.2, -0.15) is 13.2 Å². The smallest absolute Gasteiger partial charge is 0.416 e. The zero-order chi connectivity index (χ0) is 18.7. The van der Waals surface area contributed by atoms with E-state index in [1.165, 1.54) is 34.9 Å². The third kappa shape index (κ3) is 6.41. The maximum atomic E-state index is 12.5. The van der Waals surface area contributed by atoms with E-state index in [4.69, 9.17) is 4.74 Å². The van der Waals surface area contributed by atoms with Crippen molar-refractivity contribution in [2.24, 2.45) is 0 Å². The molecule has 136 valence electrons. The fourth-order valence-corrected chi connectivity index (χ4v) is 2.64. The van der Waals surface area contributed by atoms with Gasteiger partial charge in [0.15, 0.2) is 0 Å². The minimum Gasteiger partial charge on any atom is -0.459 e. The molecule has 0 aliphatic rings. The average molecular weight is 373 g/mol. The molecule has 25 heavy (non-hydrogen) atoms. The van der Waals surface area contributed by atoms with Crippen molar-refractivity contribution >= 4 is 17.7 Å². The van der Waals surface area contributed by atoms with Gasteiger partial charge in [0.1, 0.15) is 18.5 Å². The second kappa shape index (κ2) is 7.47. The summed E-state index contributed by atoms with van der Waals surface area (Å²) in [4.78, 5) is 15.8. The maximum Gasteiger partial charge on any atom is 0.416 e. The van der Waals surface area contributed by atoms with E-state index in [9.17, 15) is 18.0 Å². The Kier molecular flexibility index (Phi) is 5.76. The van der Waals surface area contributed by atoms with Gasteiger partial charge in [0, 0.05) is 5.75 Å². The van der Waals surface area contributed by atoms with Crippen LogP contribution in [0.3, 0.4) is 0 Å². The fourth-order valence-electron chi connectivity index (χ4n) is 1.86. The third-order valence-electron chi connectivity index (χ3n) is 2.88. The average Bonchev–Trinajstić information content (AvgIpc) is 2.90. The van der Waals surface area contributed by atoms with Gasteiger partial charge in [0.2, 0.25) is 5.16 Å². The highest BCUT2D eigenvalue weighted by atomic mass is 32.2. The molecule has 0 saturated carbocycles. The molecule has 9 heteroatoms. The number of aromatic nitrogens is 3. The van der Waals surface area contributed by atoms with Gasteiger partial charge in [-0.25, -0.2) is 9.67 Å². The first-order valence-electron chi connectivity index (χ1n) is 7.43. The molecular formula is C16H18F3N3O2S. The number of alkyl halides is 3. The van der Waals surface area contributed by atoms with Crippen molar-refractivity contribution in [2.75, 3.05) is 0 Å². The van der Waals surface area contributed by atoms with Crippen molar-refractivity contribution in [3.8, 4) is 0 Å². The van der Waals surface area contributed by atoms with Crippen molar-refractivity contribution in [3.63, 3.8) is 0 Å². The van der Waals surface area contributed by atoms with Gasteiger partial charge in [-0.05, 0) is 38.5 Å². The number of hydrogen-bond acceptors (Lipinski definition) is 5. The van der Waals surface area contributed by atoms with Crippen LogP contribution in [0.25, 0.3) is 0 Å². The van der Waals surface area contributed by atoms with Gasteiger partial charge in [-0.15, -0.1) is 5.10 Å². The lowest BCUT2D eigenvalue weighted by Gasteiger charge is -2.19. The highest BCUT2D eigenvalue weighted by Gasteiger charge is 2.29. The zero-order valence-electron chi connectivity index (χ0n) is 14.0. The normalized spacial score (nSPS) is 12.2. The Labute approximate surface area is 147 Å². The molecule has 0 saturated heterocycles. The van der Waals surface area contributed by atoms with E-state index in [0.717, 1.165) is 17.7 Å². The standard InChI is InChI=1S/C16H18F3N3O2S/c1-15(2,3)24-13(23)8-22-10-20-14(21-22)25-9-11-4-6-12(7-5-11)16(17,18)19/h4-7,10H,8-9H2,1-3H3. The molecule has 2 rings (SSSR count). The molecule has 0 atom stereocenters. The summed E-state index contributed by atoms with van der Waals surface area (Å²) in [6, 6.07) is 4.94. The molecule has 0 spiro atoms. The van der Waals surface area contributed by atoms with Crippen LogP contribution in [0.1, 0.15) is 31.9 Å². The summed E-state index contributed by atoms with van der Waals surface area (Å²) < 4.78 is 44.1. The number of halogens is 3. The molecule has 0 bridgehead atoms. The van der Waals surface area contributed by atoms with Crippen LogP contribution < -0.4 is 0 Å². The molecule has 0 aliphatic carbocycles. The van der Waals surface area contributed by atoms with Crippen LogP contribution in [-0.2, 0) is 28.0 Å². The summed E-state index contributed by atoms with van der Waals surface area (Å²) in [7, 11) is 0. The number of thioether (sulfide) groups is 1. The summed E-state index contributed by atoms with van der Waals surface area (Å²) in [6.45, 7) is 5.28. The summed E-state index contributed by atoms with van der Waals surface area (Å²) in [5.41, 5.74) is -0.528. The monoisotopic (exact) mass is 373 g/mol. The van der Waals surface area contributed by atoms with Gasteiger partial charge in [0.25, 0.3) is 0 Å². The van der Waals surface area contributed by atoms with Crippen LogP contribution in [-0.4, -0.2) is 26.3 Å². The van der Waals surface area contributed by atoms with Crippen LogP contribution in [0.15, 0.2) is 35.7 Å². The van der Waals surface area contributed by atoms with Gasteiger partial charge < -0.3 is 4.74 Å². The molecule has 0 aliphatic heterocycles. The maximum absolute atomic E-state index is 12.5. The Bertz CT molecular complexity index is 721. The Hall–Kier alpha value is -2.03. The van der Waals surface area contributed by atoms with E-state index < -0.39 is 23.3 Å². The lowest BCUT2D eigenvalue weighted by Crippen LogP contribution is -2.26. The Balaban J connectivity index is 1.88. The van der Waals surface area contributed by atoms with Crippen LogP contribution in [0.5, 0.6) is 0 Å². The highest BCUT2D eigenvalue weighted by molar-refractivity contribution is 7.98. The van der Waals surface area contributed by atoms with Crippen LogP contribution in [0.2, 0.25) is 0 Å². The number of hydrogen-bond donors (Lipinski definition) is 0. The number of nitrogens with zero attached hydrogens (tertiary/aromatic N) is 3. The van der Waals surface area contributed by atoms with Gasteiger partial charge >= 0.3 is 12.1 Å². The second-order valence-electron chi connectivity index (χ2n) is 6.29. The molecule has 0 fully saturated rings. The number of esters is 1. The summed E-state index contributed by atoms with van der Waals surface area (Å²) in [5.74, 6) is 0.00545. The van der Waals surface area contributed by atoms with E-state index in [-0.39, 0.29) is 6.54 Å². The van der Waals surface area contributed by atoms with E-state index >= 15 is 0 Å². The molecule has 0 N–H and O–H groups in total. The minimum atomic E-state index is -4.34. The number of carbonyl (C=O) groups excluding carboxylic acids is 1. The van der Waals surface area contributed by atoms with Crippen molar-refractivity contribution in [2.45, 2.75) is 50.0 Å². The quantitative estimate of drug-likeness (QED) is 0.587. The number of ether oxygens (including phenoxy) is 1. The summed E-state index contributed by atoms with van der Waals surface area (Å²) >= 11 is 1.27. The van der Waals surface area contributed by atoms with Crippen LogP contribution >= 0.6 is 11.8 Å². The predicted molar refractivity (Wildman–Crippen MR) is 86.9 cm³/mol. The first-order valence-corrected chi connectivity index (χ1v) is 8.42. The SMILES string of the molecule is CC(C)(C)OC(=O)Cn1cnc(SCc2ccc(C(F)(F)F)cc2)n1. The number of benzene rings is 1. The fraction of sp³-hybridized carbons (Fsp3) is 0.438. The minimum absolute atomic E-state index is 0.0505. The molecule has 1 aromatic carbocycles. The lowest BCUT2D eigenvalue weighted by atomic mass is 10.1. The van der Waals surface area contributed by atoms with Crippen LogP contribution in [0.4, 0.5) is 13.2 Å². The Morgan fingerprint density at radius 3 is 2.40 bits per heavy atom. The van der Waals surface area contributed by atoms with Gasteiger partial charge in [0.05, 0.1) is 5.56 Å². The van der Waals surface area contributed by atoms with Crippen molar-refractivity contribution in [1.82, 2.24) is 14.8 Å². The molecule has 2 aromatic rings. The van der Waals surface area contributed by atoms with E-state index in [2.05, 4.69) is 10.1 Å². The largest absolute Gasteiger partial charge is 0.459 e. The molecule has 1 aromatic heterocycles. The second-order valence-corrected chi connectivity index (χ2v) is 7.24. The van der Waals surface area contributed by atoms with Crippen molar-refractivity contribution in [1.29, 1.82) is 0 Å². The summed E-state index contributed by atoms with van der Waals surface area (Å²) in [6.07, 6.45) is -2.92. The van der Waals surface area contributed by atoms with Crippen molar-refractivity contribution < 1.29 is 22.7 Å². The molecule has 5 nitrogen and oxygen atoms in total.